The van der Waals surface area contributed by atoms with E-state index in [4.69, 9.17) is 10.8 Å². The van der Waals surface area contributed by atoms with Crippen LogP contribution in [0.15, 0.2) is 11.4 Å². The Bertz CT molecular complexity index is 513. The lowest BCUT2D eigenvalue weighted by molar-refractivity contribution is -0.118. The zero-order valence-corrected chi connectivity index (χ0v) is 12.1. The minimum absolute atomic E-state index is 0.0203. The minimum Gasteiger partial charge on any atom is -0.478 e. The van der Waals surface area contributed by atoms with Crippen molar-refractivity contribution in [3.8, 4) is 0 Å². The number of carboxylic acid groups (broad SMARTS) is 1. The Morgan fingerprint density at radius 2 is 2.10 bits per heavy atom. The number of primary amides is 1. The maximum absolute atomic E-state index is 12.1. The van der Waals surface area contributed by atoms with Gasteiger partial charge in [0.25, 0.3) is 0 Å². The summed E-state index contributed by atoms with van der Waals surface area (Å²) in [4.78, 5) is 35.3. The number of rotatable bonds is 6. The van der Waals surface area contributed by atoms with Gasteiger partial charge in [0.15, 0.2) is 0 Å². The first kappa shape index (κ1) is 16.0. The van der Waals surface area contributed by atoms with Crippen molar-refractivity contribution in [2.24, 2.45) is 11.7 Å². The molecule has 0 atom stereocenters. The number of thiophene rings is 1. The van der Waals surface area contributed by atoms with E-state index in [-0.39, 0.29) is 23.0 Å². The number of carbonyl (C=O) groups is 3. The molecule has 0 spiro atoms. The van der Waals surface area contributed by atoms with Crippen LogP contribution in [0, 0.1) is 5.92 Å². The Balaban J connectivity index is 2.81. The Hall–Kier alpha value is -2.09. The van der Waals surface area contributed by atoms with E-state index in [2.05, 4.69) is 5.32 Å². The van der Waals surface area contributed by atoms with Crippen molar-refractivity contribution in [2.45, 2.75) is 13.8 Å². The number of nitrogens with zero attached hydrogens (tertiary/aromatic N) is 1. The number of hydrogen-bond donors (Lipinski definition) is 3. The number of carboxylic acids is 1. The molecule has 0 saturated carbocycles. The molecule has 0 aliphatic rings. The van der Waals surface area contributed by atoms with Gasteiger partial charge in [-0.15, -0.1) is 11.3 Å². The van der Waals surface area contributed by atoms with Gasteiger partial charge in [-0.3, -0.25) is 10.1 Å². The van der Waals surface area contributed by atoms with Gasteiger partial charge in [-0.25, -0.2) is 9.59 Å². The molecule has 1 aromatic rings. The normalized spacial score (nSPS) is 10.3. The summed E-state index contributed by atoms with van der Waals surface area (Å²) >= 11 is 1.11. The highest BCUT2D eigenvalue weighted by atomic mass is 32.1. The average molecular weight is 299 g/mol. The second-order valence-electron chi connectivity index (χ2n) is 4.64. The van der Waals surface area contributed by atoms with Crippen LogP contribution in [0.5, 0.6) is 0 Å². The van der Waals surface area contributed by atoms with Crippen LogP contribution in [0.2, 0.25) is 0 Å². The molecule has 110 valence electrons. The Morgan fingerprint density at radius 3 is 2.60 bits per heavy atom. The Labute approximate surface area is 120 Å². The smallest absolute Gasteiger partial charge is 0.338 e. The number of carbonyl (C=O) groups excluding carboxylic acids is 2. The molecule has 0 radical (unpaired) electrons. The van der Waals surface area contributed by atoms with E-state index in [1.165, 1.54) is 11.0 Å². The van der Waals surface area contributed by atoms with Crippen LogP contribution >= 0.6 is 11.3 Å². The lowest BCUT2D eigenvalue weighted by Crippen LogP contribution is -2.42. The highest BCUT2D eigenvalue weighted by molar-refractivity contribution is 7.14. The van der Waals surface area contributed by atoms with E-state index in [0.29, 0.717) is 6.54 Å². The van der Waals surface area contributed by atoms with E-state index in [0.717, 1.165) is 11.3 Å². The first-order valence-corrected chi connectivity index (χ1v) is 6.84. The number of amides is 3. The van der Waals surface area contributed by atoms with E-state index in [1.807, 2.05) is 13.8 Å². The summed E-state index contributed by atoms with van der Waals surface area (Å²) in [6.07, 6.45) is 0. The van der Waals surface area contributed by atoms with Crippen LogP contribution in [-0.4, -0.2) is 41.0 Å². The van der Waals surface area contributed by atoms with Gasteiger partial charge >= 0.3 is 12.0 Å². The molecule has 8 heteroatoms. The standard InChI is InChI=1S/C12H17N3O4S/c1-7(2)5-15(6-9(13)16)12(19)14-10-8(11(17)18)3-4-20-10/h3-4,7H,5-6H2,1-2H3,(H2,13,16)(H,14,19)(H,17,18). The molecule has 1 rings (SSSR count). The SMILES string of the molecule is CC(C)CN(CC(N)=O)C(=O)Nc1sccc1C(=O)O. The summed E-state index contributed by atoms with van der Waals surface area (Å²) in [6.45, 7) is 3.94. The van der Waals surface area contributed by atoms with Crippen molar-refractivity contribution in [3.63, 3.8) is 0 Å². The van der Waals surface area contributed by atoms with Gasteiger partial charge in [0.2, 0.25) is 5.91 Å². The molecule has 7 nitrogen and oxygen atoms in total. The molecule has 1 aromatic heterocycles. The molecular weight excluding hydrogens is 282 g/mol. The van der Waals surface area contributed by atoms with E-state index < -0.39 is 17.9 Å². The maximum Gasteiger partial charge on any atom is 0.338 e. The minimum atomic E-state index is -1.12. The van der Waals surface area contributed by atoms with E-state index >= 15 is 0 Å². The summed E-state index contributed by atoms with van der Waals surface area (Å²) in [6, 6.07) is 0.867. The van der Waals surface area contributed by atoms with Gasteiger partial charge in [0.05, 0.1) is 5.56 Å². The lowest BCUT2D eigenvalue weighted by Gasteiger charge is -2.23. The quantitative estimate of drug-likeness (QED) is 0.737. The Kier molecular flexibility index (Phi) is 5.51. The number of anilines is 1. The van der Waals surface area contributed by atoms with Crippen molar-refractivity contribution >= 4 is 34.2 Å². The fraction of sp³-hybridized carbons (Fsp3) is 0.417. The number of nitrogens with one attached hydrogen (secondary N) is 1. The molecule has 0 aromatic carbocycles. The van der Waals surface area contributed by atoms with Gasteiger partial charge < -0.3 is 15.7 Å². The lowest BCUT2D eigenvalue weighted by atomic mass is 10.2. The zero-order valence-electron chi connectivity index (χ0n) is 11.3. The van der Waals surface area contributed by atoms with Gasteiger partial charge in [-0.05, 0) is 17.4 Å². The van der Waals surface area contributed by atoms with Crippen molar-refractivity contribution in [1.82, 2.24) is 4.90 Å². The van der Waals surface area contributed by atoms with Gasteiger partial charge in [-0.1, -0.05) is 13.8 Å². The highest BCUT2D eigenvalue weighted by Crippen LogP contribution is 2.23. The van der Waals surface area contributed by atoms with Crippen LogP contribution in [0.4, 0.5) is 9.80 Å². The van der Waals surface area contributed by atoms with Gasteiger partial charge in [0.1, 0.15) is 11.5 Å². The molecule has 0 aliphatic carbocycles. The molecular formula is C12H17N3O4S. The molecule has 0 aliphatic heterocycles. The topological polar surface area (TPSA) is 113 Å². The maximum atomic E-state index is 12.1. The third-order valence-corrected chi connectivity index (χ3v) is 3.17. The summed E-state index contributed by atoms with van der Waals surface area (Å²) in [5.41, 5.74) is 5.13. The van der Waals surface area contributed by atoms with Crippen LogP contribution in [0.3, 0.4) is 0 Å². The molecule has 0 saturated heterocycles. The van der Waals surface area contributed by atoms with Gasteiger partial charge in [-0.2, -0.15) is 0 Å². The number of aromatic carboxylic acids is 1. The van der Waals surface area contributed by atoms with Crippen molar-refractivity contribution in [3.05, 3.63) is 17.0 Å². The molecule has 0 unspecified atom stereocenters. The van der Waals surface area contributed by atoms with E-state index in [1.54, 1.807) is 5.38 Å². The van der Waals surface area contributed by atoms with Crippen LogP contribution < -0.4 is 11.1 Å². The highest BCUT2D eigenvalue weighted by Gasteiger charge is 2.20. The molecule has 0 fully saturated rings. The van der Waals surface area contributed by atoms with Crippen LogP contribution in [0.25, 0.3) is 0 Å². The van der Waals surface area contributed by atoms with Crippen molar-refractivity contribution in [2.75, 3.05) is 18.4 Å². The zero-order chi connectivity index (χ0) is 15.3. The van der Waals surface area contributed by atoms with E-state index in [9.17, 15) is 14.4 Å². The largest absolute Gasteiger partial charge is 0.478 e. The van der Waals surface area contributed by atoms with Crippen LogP contribution in [0.1, 0.15) is 24.2 Å². The summed E-state index contributed by atoms with van der Waals surface area (Å²) < 4.78 is 0. The summed E-state index contributed by atoms with van der Waals surface area (Å²) in [5.74, 6) is -1.58. The van der Waals surface area contributed by atoms with Crippen molar-refractivity contribution < 1.29 is 19.5 Å². The number of hydrogen-bond acceptors (Lipinski definition) is 4. The van der Waals surface area contributed by atoms with Crippen LogP contribution in [-0.2, 0) is 4.79 Å². The second kappa shape index (κ2) is 6.90. The molecule has 20 heavy (non-hydrogen) atoms. The average Bonchev–Trinajstić information content (AvgIpc) is 2.74. The monoisotopic (exact) mass is 299 g/mol. The second-order valence-corrected chi connectivity index (χ2v) is 5.56. The molecule has 0 bridgehead atoms. The fourth-order valence-electron chi connectivity index (χ4n) is 1.60. The first-order chi connectivity index (χ1) is 9.31. The predicted octanol–water partition coefficient (Wildman–Crippen LogP) is 1.42. The molecule has 3 amide bonds. The molecule has 1 heterocycles. The number of nitrogens with two attached hydrogens (primary N) is 1. The summed E-state index contributed by atoms with van der Waals surface area (Å²) in [5, 5.41) is 13.3. The third kappa shape index (κ3) is 4.54. The third-order valence-electron chi connectivity index (χ3n) is 2.34. The Morgan fingerprint density at radius 1 is 1.45 bits per heavy atom. The van der Waals surface area contributed by atoms with Gasteiger partial charge in [0, 0.05) is 6.54 Å². The molecule has 4 N–H and O–H groups in total. The summed E-state index contributed by atoms with van der Waals surface area (Å²) in [7, 11) is 0. The first-order valence-electron chi connectivity index (χ1n) is 5.96. The predicted molar refractivity (Wildman–Crippen MR) is 75.9 cm³/mol. The fourth-order valence-corrected chi connectivity index (χ4v) is 2.37. The number of urea groups is 1. The van der Waals surface area contributed by atoms with Crippen molar-refractivity contribution in [1.29, 1.82) is 0 Å².